The first-order chi connectivity index (χ1) is 15.9. The summed E-state index contributed by atoms with van der Waals surface area (Å²) in [5.41, 5.74) is 1.04. The summed E-state index contributed by atoms with van der Waals surface area (Å²) in [5, 5.41) is 0. The smallest absolute Gasteiger partial charge is 0.169 e. The Kier molecular flexibility index (Phi) is 6.08. The van der Waals surface area contributed by atoms with Crippen LogP contribution in [0.2, 0.25) is 0 Å². The first-order valence-electron chi connectivity index (χ1n) is 13.3. The highest BCUT2D eigenvalue weighted by atomic mass is 16.7. The molecule has 5 aliphatic carbocycles. The molecule has 0 aromatic heterocycles. The van der Waals surface area contributed by atoms with Crippen molar-refractivity contribution in [1.82, 2.24) is 0 Å². The molecule has 0 spiro atoms. The van der Waals surface area contributed by atoms with E-state index in [1.54, 1.807) is 0 Å². The van der Waals surface area contributed by atoms with Crippen LogP contribution in [0.4, 0.5) is 0 Å². The molecule has 0 aliphatic heterocycles. The first kappa shape index (κ1) is 23.6. The lowest BCUT2D eigenvalue weighted by Crippen LogP contribution is -2.58. The van der Waals surface area contributed by atoms with Crippen molar-refractivity contribution in [3.05, 3.63) is 11.6 Å². The summed E-state index contributed by atoms with van der Waals surface area (Å²) in [7, 11) is 3.65. The van der Waals surface area contributed by atoms with Crippen molar-refractivity contribution in [3.63, 3.8) is 0 Å². The quantitative estimate of drug-likeness (QED) is 0.387. The zero-order valence-electron chi connectivity index (χ0n) is 21.1. The number of fused-ring (bicyclic) bond motifs is 5. The zero-order chi connectivity index (χ0) is 23.3. The van der Waals surface area contributed by atoms with Crippen LogP contribution in [0.1, 0.15) is 90.9 Å². The lowest BCUT2D eigenvalue weighted by atomic mass is 9.46. The first-order valence-corrected chi connectivity index (χ1v) is 13.3. The molecule has 0 saturated heterocycles. The van der Waals surface area contributed by atoms with Gasteiger partial charge < -0.3 is 14.2 Å². The highest BCUT2D eigenvalue weighted by molar-refractivity contribution is 5.91. The molecule has 0 aromatic carbocycles. The van der Waals surface area contributed by atoms with Crippen molar-refractivity contribution in [2.24, 2.45) is 28.6 Å². The summed E-state index contributed by atoms with van der Waals surface area (Å²) in [5.74, 6) is 8.60. The number of ketones is 1. The molecule has 182 valence electrons. The van der Waals surface area contributed by atoms with Gasteiger partial charge in [0, 0.05) is 44.3 Å². The maximum Gasteiger partial charge on any atom is 0.169 e. The highest BCUT2D eigenvalue weighted by Crippen LogP contribution is 2.69. The van der Waals surface area contributed by atoms with Crippen LogP contribution in [-0.2, 0) is 19.0 Å². The molecular formula is C29H42O4. The fourth-order valence-electron chi connectivity index (χ4n) is 9.07. The van der Waals surface area contributed by atoms with E-state index in [2.05, 4.69) is 18.8 Å². The van der Waals surface area contributed by atoms with E-state index < -0.39 is 11.4 Å². The van der Waals surface area contributed by atoms with Crippen LogP contribution in [0.15, 0.2) is 11.6 Å². The largest absolute Gasteiger partial charge is 0.384 e. The minimum absolute atomic E-state index is 0.0330. The van der Waals surface area contributed by atoms with Crippen molar-refractivity contribution < 1.29 is 19.0 Å². The number of carbonyl (C=O) groups is 1. The molecule has 4 saturated carbocycles. The summed E-state index contributed by atoms with van der Waals surface area (Å²) < 4.78 is 19.0. The van der Waals surface area contributed by atoms with Crippen molar-refractivity contribution in [2.75, 3.05) is 20.8 Å². The molecule has 0 radical (unpaired) electrons. The van der Waals surface area contributed by atoms with E-state index in [0.717, 1.165) is 45.1 Å². The van der Waals surface area contributed by atoms with Gasteiger partial charge >= 0.3 is 0 Å². The Morgan fingerprint density at radius 2 is 1.76 bits per heavy atom. The van der Waals surface area contributed by atoms with Crippen molar-refractivity contribution in [1.29, 1.82) is 0 Å². The predicted molar refractivity (Wildman–Crippen MR) is 128 cm³/mol. The number of methoxy groups -OCH3 is 2. The van der Waals surface area contributed by atoms with Crippen molar-refractivity contribution in [2.45, 2.75) is 102 Å². The summed E-state index contributed by atoms with van der Waals surface area (Å²) in [6.45, 7) is 5.19. The lowest BCUT2D eigenvalue weighted by Gasteiger charge is -2.60. The Morgan fingerprint density at radius 3 is 2.45 bits per heavy atom. The Labute approximate surface area is 200 Å². The van der Waals surface area contributed by atoms with E-state index in [9.17, 15) is 4.79 Å². The number of carbonyl (C=O) groups excluding carboxylic acids is 1. The van der Waals surface area contributed by atoms with Crippen LogP contribution in [0.25, 0.3) is 0 Å². The third-order valence-electron chi connectivity index (χ3n) is 10.6. The predicted octanol–water partition coefficient (Wildman–Crippen LogP) is 5.84. The van der Waals surface area contributed by atoms with E-state index >= 15 is 0 Å². The van der Waals surface area contributed by atoms with Gasteiger partial charge in [-0.1, -0.05) is 18.4 Å². The topological polar surface area (TPSA) is 44.8 Å². The Bertz CT molecular complexity index is 874. The van der Waals surface area contributed by atoms with E-state index in [4.69, 9.17) is 14.2 Å². The molecule has 0 bridgehead atoms. The van der Waals surface area contributed by atoms with Gasteiger partial charge in [0.25, 0.3) is 0 Å². The summed E-state index contributed by atoms with van der Waals surface area (Å²) in [6, 6.07) is 0. The van der Waals surface area contributed by atoms with Gasteiger partial charge in [0.05, 0.1) is 6.61 Å². The number of hydrogen-bond acceptors (Lipinski definition) is 4. The summed E-state index contributed by atoms with van der Waals surface area (Å²) in [4.78, 5) is 12.3. The molecule has 5 rings (SSSR count). The molecule has 0 N–H and O–H groups in total. The molecule has 0 unspecified atom stereocenters. The standard InChI is InChI=1S/C29H42O4/c1-5-13-28(33-29(32-4)14-6-7-15-29)18-12-24-23-9-8-21-19-22(30)10-17-27(21,20-31-3)25(23)11-16-26(24,28)2/h19,23-25H,6-12,14-18,20H2,1-4H3/t23-,24-,25-,26-,27+,28-/m0/s1. The molecular weight excluding hydrogens is 412 g/mol. The molecule has 6 atom stereocenters. The average Bonchev–Trinajstić information content (AvgIpc) is 3.38. The van der Waals surface area contributed by atoms with Gasteiger partial charge in [0.2, 0.25) is 0 Å². The highest BCUT2D eigenvalue weighted by Gasteiger charge is 2.66. The third kappa shape index (κ3) is 3.40. The zero-order valence-corrected chi connectivity index (χ0v) is 21.1. The fourth-order valence-corrected chi connectivity index (χ4v) is 9.07. The van der Waals surface area contributed by atoms with E-state index in [-0.39, 0.29) is 10.8 Å². The normalized spacial score (nSPS) is 43.7. The van der Waals surface area contributed by atoms with Crippen molar-refractivity contribution in [3.8, 4) is 11.8 Å². The van der Waals surface area contributed by atoms with Crippen molar-refractivity contribution >= 4 is 5.78 Å². The van der Waals surface area contributed by atoms with E-state index in [1.165, 1.54) is 37.7 Å². The van der Waals surface area contributed by atoms with Gasteiger partial charge in [-0.3, -0.25) is 4.79 Å². The maximum absolute atomic E-state index is 12.3. The van der Waals surface area contributed by atoms with E-state index in [0.29, 0.717) is 30.0 Å². The second-order valence-electron chi connectivity index (χ2n) is 11.8. The van der Waals surface area contributed by atoms with Crippen LogP contribution < -0.4 is 0 Å². The van der Waals surface area contributed by atoms with Crippen LogP contribution >= 0.6 is 0 Å². The van der Waals surface area contributed by atoms with Crippen LogP contribution in [0.5, 0.6) is 0 Å². The molecule has 0 heterocycles. The fraction of sp³-hybridized carbons (Fsp3) is 0.828. The van der Waals surface area contributed by atoms with Gasteiger partial charge in [-0.25, -0.2) is 0 Å². The average molecular weight is 455 g/mol. The minimum atomic E-state index is -0.470. The Balaban J connectivity index is 1.50. The molecule has 0 aromatic rings. The number of rotatable bonds is 5. The Morgan fingerprint density at radius 1 is 1.00 bits per heavy atom. The third-order valence-corrected chi connectivity index (χ3v) is 10.6. The van der Waals surface area contributed by atoms with Crippen LogP contribution in [0.3, 0.4) is 0 Å². The second kappa shape index (κ2) is 8.51. The monoisotopic (exact) mass is 454 g/mol. The number of ether oxygens (including phenoxy) is 3. The molecule has 33 heavy (non-hydrogen) atoms. The van der Waals surface area contributed by atoms with Gasteiger partial charge in [-0.05, 0) is 88.5 Å². The lowest BCUT2D eigenvalue weighted by molar-refractivity contribution is -0.287. The van der Waals surface area contributed by atoms with Gasteiger partial charge in [-0.15, -0.1) is 5.92 Å². The SMILES string of the molecule is CC#C[C@]1(OC2(OC)CCCC2)CC[C@H]2[C@@H]3CCC4=CC(=O)CC[C@]4(COC)[C@H]3CC[C@@]21C. The van der Waals surface area contributed by atoms with Crippen LogP contribution in [0, 0.1) is 40.4 Å². The summed E-state index contributed by atoms with van der Waals surface area (Å²) >= 11 is 0. The molecule has 0 amide bonds. The second-order valence-corrected chi connectivity index (χ2v) is 11.8. The molecule has 5 aliphatic rings. The maximum atomic E-state index is 12.3. The Hall–Kier alpha value is -1.15. The van der Waals surface area contributed by atoms with Crippen LogP contribution in [-0.4, -0.2) is 38.0 Å². The van der Waals surface area contributed by atoms with Gasteiger partial charge in [0.1, 0.15) is 5.60 Å². The molecule has 4 nitrogen and oxygen atoms in total. The number of hydrogen-bond donors (Lipinski definition) is 0. The van der Waals surface area contributed by atoms with Gasteiger partial charge in [-0.2, -0.15) is 0 Å². The minimum Gasteiger partial charge on any atom is -0.384 e. The molecule has 4 heteroatoms. The van der Waals surface area contributed by atoms with Gasteiger partial charge in [0.15, 0.2) is 11.6 Å². The van der Waals surface area contributed by atoms with E-state index in [1.807, 2.05) is 27.2 Å². The summed E-state index contributed by atoms with van der Waals surface area (Å²) in [6.07, 6.45) is 14.6. The molecule has 4 fully saturated rings.